The molecule has 3 rings (SSSR count). The molecule has 3 aromatic rings. The number of guanidine groups is 1. The van der Waals surface area contributed by atoms with E-state index >= 15 is 0 Å². The number of nitrogens with zero attached hydrogens (tertiary/aromatic N) is 2. The van der Waals surface area contributed by atoms with Gasteiger partial charge in [0.15, 0.2) is 5.96 Å². The number of nitrogens with one attached hydrogen (secondary N) is 1. The highest BCUT2D eigenvalue weighted by Gasteiger charge is 2.38. The van der Waals surface area contributed by atoms with Crippen LogP contribution in [0.4, 0.5) is 39.5 Å². The molecule has 0 aliphatic rings. The van der Waals surface area contributed by atoms with E-state index in [0.717, 1.165) is 41.1 Å². The number of rotatable bonds is 10. The molecule has 0 unspecified atom stereocenters. The average Bonchev–Trinajstić information content (AvgIpc) is 2.98. The van der Waals surface area contributed by atoms with E-state index in [1.165, 1.54) is 18.2 Å². The Balaban J connectivity index is 0.00000107. The molecular formula is C29H26F9N5O6. The molecule has 20 heteroatoms. The Kier molecular flexibility index (Phi) is 13.0. The van der Waals surface area contributed by atoms with E-state index in [1.807, 2.05) is 0 Å². The summed E-state index contributed by atoms with van der Waals surface area (Å²) in [6.07, 6.45) is -13.5. The van der Waals surface area contributed by atoms with Gasteiger partial charge in [0, 0.05) is 12.7 Å². The Morgan fingerprint density at radius 1 is 0.816 bits per heavy atom. The summed E-state index contributed by atoms with van der Waals surface area (Å²) in [4.78, 5) is 50.8. The Morgan fingerprint density at radius 3 is 1.71 bits per heavy atom. The SMILES string of the molecule is NC(N)=NCCC[C@H](NC(=O)c1cccn(C(c2cccc(C(F)(F)F)c2)c2cccc(C(F)(F)F)c2)c1=O)C(=O)O.O=C(O)C(F)(F)F. The van der Waals surface area contributed by atoms with Crippen molar-refractivity contribution in [3.8, 4) is 0 Å². The molecule has 11 nitrogen and oxygen atoms in total. The number of nitrogens with two attached hydrogens (primary N) is 2. The Morgan fingerprint density at radius 2 is 1.31 bits per heavy atom. The molecule has 0 aliphatic heterocycles. The number of amides is 1. The van der Waals surface area contributed by atoms with Crippen LogP contribution in [0.3, 0.4) is 0 Å². The van der Waals surface area contributed by atoms with Gasteiger partial charge in [-0.25, -0.2) is 9.59 Å². The van der Waals surface area contributed by atoms with Gasteiger partial charge < -0.3 is 31.6 Å². The number of aliphatic imine (C=N–C) groups is 1. The number of alkyl halides is 9. The van der Waals surface area contributed by atoms with Crippen molar-refractivity contribution in [2.24, 2.45) is 16.5 Å². The van der Waals surface area contributed by atoms with Crippen LogP contribution in [-0.2, 0) is 21.9 Å². The van der Waals surface area contributed by atoms with Crippen LogP contribution in [0.2, 0.25) is 0 Å². The van der Waals surface area contributed by atoms with Gasteiger partial charge in [-0.15, -0.1) is 0 Å². The lowest BCUT2D eigenvalue weighted by molar-refractivity contribution is -0.192. The van der Waals surface area contributed by atoms with Crippen LogP contribution in [-0.4, -0.2) is 57.3 Å². The van der Waals surface area contributed by atoms with Crippen molar-refractivity contribution < 1.29 is 64.1 Å². The van der Waals surface area contributed by atoms with Crippen molar-refractivity contribution in [3.63, 3.8) is 0 Å². The van der Waals surface area contributed by atoms with Crippen LogP contribution < -0.4 is 22.3 Å². The summed E-state index contributed by atoms with van der Waals surface area (Å²) < 4.78 is 114. The minimum atomic E-state index is -5.08. The van der Waals surface area contributed by atoms with E-state index in [-0.39, 0.29) is 36.5 Å². The lowest BCUT2D eigenvalue weighted by Crippen LogP contribution is -2.43. The van der Waals surface area contributed by atoms with Gasteiger partial charge in [-0.1, -0.05) is 24.3 Å². The van der Waals surface area contributed by atoms with Crippen molar-refractivity contribution in [2.45, 2.75) is 43.5 Å². The highest BCUT2D eigenvalue weighted by atomic mass is 19.4. The standard InChI is InChI=1S/C27H25F6N5O4.C2HF3O2/c28-26(29,30)17-7-1-5-15(13-17)21(16-6-2-8-18(14-16)27(31,32)33)38-12-4-9-19(23(38)40)22(39)37-20(24(41)42)10-3-11-36-25(34)35;3-2(4,5)1(6)7/h1-2,4-9,12-14,20-21H,3,10-11H2,(H,37,39)(H,41,42)(H4,34,35,36);(H,6,7)/t20-;/m0./s1. The monoisotopic (exact) mass is 711 g/mol. The van der Waals surface area contributed by atoms with E-state index in [1.54, 1.807) is 0 Å². The van der Waals surface area contributed by atoms with Crippen molar-refractivity contribution >= 4 is 23.8 Å². The maximum atomic E-state index is 13.5. The third kappa shape index (κ3) is 11.6. The smallest absolute Gasteiger partial charge is 0.480 e. The number of carboxylic acids is 2. The van der Waals surface area contributed by atoms with Crippen LogP contribution in [0.15, 0.2) is 76.6 Å². The van der Waals surface area contributed by atoms with Crippen molar-refractivity contribution in [2.75, 3.05) is 6.54 Å². The zero-order valence-corrected chi connectivity index (χ0v) is 24.6. The quantitative estimate of drug-likeness (QED) is 0.0886. The number of hydrogen-bond acceptors (Lipinski definition) is 5. The molecule has 1 atom stereocenters. The summed E-state index contributed by atoms with van der Waals surface area (Å²) >= 11 is 0. The molecule has 1 aromatic heterocycles. The van der Waals surface area contributed by atoms with E-state index in [2.05, 4.69) is 10.3 Å². The normalized spacial score (nSPS) is 12.4. The molecule has 266 valence electrons. The fraction of sp³-hybridized carbons (Fsp3) is 0.276. The maximum absolute atomic E-state index is 13.5. The molecule has 1 amide bonds. The first-order valence-corrected chi connectivity index (χ1v) is 13.5. The number of aliphatic carboxylic acids is 2. The minimum Gasteiger partial charge on any atom is -0.480 e. The largest absolute Gasteiger partial charge is 0.490 e. The second-order valence-electron chi connectivity index (χ2n) is 9.90. The second kappa shape index (κ2) is 16.0. The summed E-state index contributed by atoms with van der Waals surface area (Å²) in [7, 11) is 0. The maximum Gasteiger partial charge on any atom is 0.490 e. The van der Waals surface area contributed by atoms with Gasteiger partial charge >= 0.3 is 30.5 Å². The van der Waals surface area contributed by atoms with E-state index in [4.69, 9.17) is 21.4 Å². The first-order valence-electron chi connectivity index (χ1n) is 13.5. The highest BCUT2D eigenvalue weighted by Crippen LogP contribution is 2.36. The Labute approximate surface area is 269 Å². The average molecular weight is 712 g/mol. The van der Waals surface area contributed by atoms with Crippen molar-refractivity contribution in [1.29, 1.82) is 0 Å². The number of benzene rings is 2. The van der Waals surface area contributed by atoms with Gasteiger partial charge in [0.2, 0.25) is 0 Å². The van der Waals surface area contributed by atoms with Gasteiger partial charge in [0.1, 0.15) is 11.6 Å². The summed E-state index contributed by atoms with van der Waals surface area (Å²) in [6.45, 7) is 0.0653. The Bertz CT molecular complexity index is 1680. The summed E-state index contributed by atoms with van der Waals surface area (Å²) in [5.74, 6) is -5.51. The number of halogens is 9. The molecule has 0 bridgehead atoms. The van der Waals surface area contributed by atoms with Gasteiger partial charge in [0.05, 0.1) is 17.2 Å². The number of pyridine rings is 1. The van der Waals surface area contributed by atoms with E-state index in [9.17, 15) is 59.0 Å². The molecule has 0 saturated heterocycles. The molecule has 49 heavy (non-hydrogen) atoms. The number of hydrogen-bond donors (Lipinski definition) is 5. The molecule has 0 fully saturated rings. The van der Waals surface area contributed by atoms with Gasteiger partial charge in [-0.2, -0.15) is 39.5 Å². The minimum absolute atomic E-state index is 0.0653. The van der Waals surface area contributed by atoms with Crippen LogP contribution >= 0.6 is 0 Å². The molecular weight excluding hydrogens is 685 g/mol. The number of aromatic nitrogens is 1. The number of carbonyl (C=O) groups excluding carboxylic acids is 1. The number of carbonyl (C=O) groups is 3. The molecule has 0 saturated carbocycles. The summed E-state index contributed by atoms with van der Waals surface area (Å²) in [5, 5.41) is 18.8. The summed E-state index contributed by atoms with van der Waals surface area (Å²) in [6, 6.07) is 6.68. The predicted molar refractivity (Wildman–Crippen MR) is 153 cm³/mol. The Hall–Kier alpha value is -5.56. The third-order valence-electron chi connectivity index (χ3n) is 6.35. The topological polar surface area (TPSA) is 190 Å². The lowest BCUT2D eigenvalue weighted by Gasteiger charge is -2.23. The van der Waals surface area contributed by atoms with Crippen LogP contribution in [0.1, 0.15) is 51.5 Å². The summed E-state index contributed by atoms with van der Waals surface area (Å²) in [5.41, 5.74) is 6.17. The van der Waals surface area contributed by atoms with Crippen molar-refractivity contribution in [3.05, 3.63) is 105 Å². The fourth-order valence-electron chi connectivity index (χ4n) is 4.17. The zero-order valence-electron chi connectivity index (χ0n) is 24.6. The van der Waals surface area contributed by atoms with Gasteiger partial charge in [0.25, 0.3) is 11.5 Å². The third-order valence-corrected chi connectivity index (χ3v) is 6.35. The van der Waals surface area contributed by atoms with Crippen LogP contribution in [0, 0.1) is 0 Å². The van der Waals surface area contributed by atoms with Crippen LogP contribution in [0.25, 0.3) is 0 Å². The van der Waals surface area contributed by atoms with Crippen molar-refractivity contribution in [1.82, 2.24) is 9.88 Å². The molecule has 0 spiro atoms. The molecule has 1 heterocycles. The molecule has 0 aliphatic carbocycles. The highest BCUT2D eigenvalue weighted by molar-refractivity contribution is 5.96. The van der Waals surface area contributed by atoms with E-state index in [0.29, 0.717) is 12.1 Å². The van der Waals surface area contributed by atoms with Crippen LogP contribution in [0.5, 0.6) is 0 Å². The lowest BCUT2D eigenvalue weighted by atomic mass is 9.95. The van der Waals surface area contributed by atoms with Gasteiger partial charge in [-0.3, -0.25) is 14.6 Å². The zero-order chi connectivity index (χ0) is 37.3. The first-order chi connectivity index (χ1) is 22.5. The molecule has 7 N–H and O–H groups in total. The first kappa shape index (κ1) is 39.6. The van der Waals surface area contributed by atoms with E-state index < -0.39 is 70.7 Å². The molecule has 2 aromatic carbocycles. The predicted octanol–water partition coefficient (Wildman–Crippen LogP) is 4.39. The fourth-order valence-corrected chi connectivity index (χ4v) is 4.17. The molecule has 0 radical (unpaired) electrons. The number of carboxylic acid groups (broad SMARTS) is 2. The van der Waals surface area contributed by atoms with Gasteiger partial charge in [-0.05, 0) is 60.4 Å². The second-order valence-corrected chi connectivity index (χ2v) is 9.90.